The number of thiophene rings is 1. The molecule has 2 amide bonds. The van der Waals surface area contributed by atoms with Crippen LogP contribution >= 0.6 is 11.3 Å². The molecule has 0 radical (unpaired) electrons. The number of aromatic nitrogens is 1. The third-order valence-corrected chi connectivity index (χ3v) is 5.90. The number of amides is 2. The van der Waals surface area contributed by atoms with Crippen molar-refractivity contribution in [1.29, 1.82) is 0 Å². The molecule has 1 atom stereocenters. The second kappa shape index (κ2) is 8.97. The SMILES string of the molecule is C[C@H]1CCc2c(sc(NC(=O)CCC(=O)O)c2C(=O)NCc2cccnc2)C1. The molecule has 3 N–H and O–H groups in total. The number of rotatable bonds is 7. The van der Waals surface area contributed by atoms with Crippen LogP contribution in [0.1, 0.15) is 52.5 Å². The van der Waals surface area contributed by atoms with Gasteiger partial charge in [0.2, 0.25) is 5.91 Å². The number of carboxylic acid groups (broad SMARTS) is 1. The van der Waals surface area contributed by atoms with Crippen LogP contribution in [0.4, 0.5) is 5.00 Å². The normalized spacial score (nSPS) is 15.5. The van der Waals surface area contributed by atoms with Gasteiger partial charge in [0.1, 0.15) is 5.00 Å². The summed E-state index contributed by atoms with van der Waals surface area (Å²) in [6.45, 7) is 2.52. The fourth-order valence-electron chi connectivity index (χ4n) is 3.26. The van der Waals surface area contributed by atoms with Crippen LogP contribution < -0.4 is 10.6 Å². The number of pyridine rings is 1. The zero-order valence-corrected chi connectivity index (χ0v) is 16.5. The predicted molar refractivity (Wildman–Crippen MR) is 106 cm³/mol. The highest BCUT2D eigenvalue weighted by molar-refractivity contribution is 7.17. The van der Waals surface area contributed by atoms with E-state index in [-0.39, 0.29) is 18.7 Å². The quantitative estimate of drug-likeness (QED) is 0.661. The Labute approximate surface area is 167 Å². The molecule has 0 fully saturated rings. The molecule has 28 heavy (non-hydrogen) atoms. The predicted octanol–water partition coefficient (Wildman–Crippen LogP) is 3.00. The van der Waals surface area contributed by atoms with E-state index in [0.717, 1.165) is 35.3 Å². The molecular weight excluding hydrogens is 378 g/mol. The van der Waals surface area contributed by atoms with Crippen LogP contribution in [0, 0.1) is 5.92 Å². The summed E-state index contributed by atoms with van der Waals surface area (Å²) in [7, 11) is 0. The number of hydrogen-bond donors (Lipinski definition) is 3. The van der Waals surface area contributed by atoms with Crippen molar-refractivity contribution in [1.82, 2.24) is 10.3 Å². The van der Waals surface area contributed by atoms with Gasteiger partial charge in [0.25, 0.3) is 5.91 Å². The van der Waals surface area contributed by atoms with Crippen molar-refractivity contribution < 1.29 is 19.5 Å². The molecule has 8 heteroatoms. The Morgan fingerprint density at radius 1 is 1.32 bits per heavy atom. The number of anilines is 1. The van der Waals surface area contributed by atoms with E-state index in [0.29, 0.717) is 23.0 Å². The molecule has 2 heterocycles. The van der Waals surface area contributed by atoms with Crippen molar-refractivity contribution >= 4 is 34.1 Å². The Hall–Kier alpha value is -2.74. The largest absolute Gasteiger partial charge is 0.481 e. The molecule has 7 nitrogen and oxygen atoms in total. The van der Waals surface area contributed by atoms with Gasteiger partial charge in [-0.2, -0.15) is 0 Å². The molecule has 1 aliphatic rings. The minimum Gasteiger partial charge on any atom is -0.481 e. The number of hydrogen-bond acceptors (Lipinski definition) is 5. The standard InChI is InChI=1S/C20H23N3O4S/c1-12-4-5-14-15(9-12)28-20(23-16(24)6-7-17(25)26)18(14)19(27)22-11-13-3-2-8-21-10-13/h2-3,8,10,12H,4-7,9,11H2,1H3,(H,22,27)(H,23,24)(H,25,26)/t12-/m0/s1. The molecule has 0 spiro atoms. The maximum atomic E-state index is 12.9. The third kappa shape index (κ3) is 4.95. The number of fused-ring (bicyclic) bond motifs is 1. The first kappa shape index (κ1) is 20.0. The van der Waals surface area contributed by atoms with E-state index in [1.54, 1.807) is 12.4 Å². The third-order valence-electron chi connectivity index (χ3n) is 4.73. The van der Waals surface area contributed by atoms with Crippen LogP contribution in [0.15, 0.2) is 24.5 Å². The van der Waals surface area contributed by atoms with Crippen molar-refractivity contribution in [3.05, 3.63) is 46.1 Å². The zero-order valence-electron chi connectivity index (χ0n) is 15.7. The lowest BCUT2D eigenvalue weighted by atomic mass is 9.88. The molecule has 0 unspecified atom stereocenters. The summed E-state index contributed by atoms with van der Waals surface area (Å²) in [4.78, 5) is 40.9. The smallest absolute Gasteiger partial charge is 0.303 e. The first-order valence-electron chi connectivity index (χ1n) is 9.27. The van der Waals surface area contributed by atoms with Crippen LogP contribution in [-0.4, -0.2) is 27.9 Å². The van der Waals surface area contributed by atoms with E-state index in [1.807, 2.05) is 12.1 Å². The molecule has 148 valence electrons. The summed E-state index contributed by atoms with van der Waals surface area (Å²) in [5, 5.41) is 14.9. The van der Waals surface area contributed by atoms with Crippen molar-refractivity contribution in [3.8, 4) is 0 Å². The van der Waals surface area contributed by atoms with Crippen molar-refractivity contribution in [2.45, 2.75) is 45.6 Å². The minimum absolute atomic E-state index is 0.120. The zero-order chi connectivity index (χ0) is 20.1. The molecule has 2 aromatic rings. The van der Waals surface area contributed by atoms with Crippen LogP contribution in [0.2, 0.25) is 0 Å². The fraction of sp³-hybridized carbons (Fsp3) is 0.400. The highest BCUT2D eigenvalue weighted by atomic mass is 32.1. The molecule has 3 rings (SSSR count). The Bertz CT molecular complexity index is 879. The van der Waals surface area contributed by atoms with Gasteiger partial charge in [-0.05, 0) is 42.4 Å². The second-order valence-electron chi connectivity index (χ2n) is 7.04. The second-order valence-corrected chi connectivity index (χ2v) is 8.15. The Kier molecular flexibility index (Phi) is 6.41. The summed E-state index contributed by atoms with van der Waals surface area (Å²) in [5.41, 5.74) is 2.40. The van der Waals surface area contributed by atoms with Gasteiger partial charge in [-0.3, -0.25) is 19.4 Å². The number of nitrogens with zero attached hydrogens (tertiary/aromatic N) is 1. The summed E-state index contributed by atoms with van der Waals surface area (Å²) in [6.07, 6.45) is 5.69. The van der Waals surface area contributed by atoms with E-state index >= 15 is 0 Å². The summed E-state index contributed by atoms with van der Waals surface area (Å²) < 4.78 is 0. The lowest BCUT2D eigenvalue weighted by Gasteiger charge is -2.18. The van der Waals surface area contributed by atoms with Gasteiger partial charge < -0.3 is 15.7 Å². The molecular formula is C20H23N3O4S. The van der Waals surface area contributed by atoms with Crippen molar-refractivity contribution in [2.24, 2.45) is 5.92 Å². The maximum Gasteiger partial charge on any atom is 0.303 e. The lowest BCUT2D eigenvalue weighted by Crippen LogP contribution is -2.26. The van der Waals surface area contributed by atoms with Crippen LogP contribution in [0.3, 0.4) is 0 Å². The van der Waals surface area contributed by atoms with E-state index in [1.165, 1.54) is 11.3 Å². The molecule has 1 aliphatic carbocycles. The molecule has 2 aromatic heterocycles. The molecule has 0 aromatic carbocycles. The Morgan fingerprint density at radius 2 is 2.14 bits per heavy atom. The van der Waals surface area contributed by atoms with Crippen molar-refractivity contribution in [3.63, 3.8) is 0 Å². The monoisotopic (exact) mass is 401 g/mol. The Morgan fingerprint density at radius 3 is 2.86 bits per heavy atom. The van der Waals surface area contributed by atoms with Gasteiger partial charge in [0.15, 0.2) is 0 Å². The van der Waals surface area contributed by atoms with Crippen LogP contribution in [0.25, 0.3) is 0 Å². The summed E-state index contributed by atoms with van der Waals surface area (Å²) in [6, 6.07) is 3.69. The van der Waals surface area contributed by atoms with Gasteiger partial charge in [-0.25, -0.2) is 0 Å². The lowest BCUT2D eigenvalue weighted by molar-refractivity contribution is -0.138. The molecule has 0 saturated heterocycles. The van der Waals surface area contributed by atoms with E-state index in [2.05, 4.69) is 22.5 Å². The molecule has 0 aliphatic heterocycles. The Balaban J connectivity index is 1.79. The number of carboxylic acids is 1. The fourth-order valence-corrected chi connectivity index (χ4v) is 4.69. The topological polar surface area (TPSA) is 108 Å². The van der Waals surface area contributed by atoms with E-state index < -0.39 is 11.9 Å². The van der Waals surface area contributed by atoms with Gasteiger partial charge in [0, 0.05) is 30.2 Å². The summed E-state index contributed by atoms with van der Waals surface area (Å²) in [5.74, 6) is -1.11. The summed E-state index contributed by atoms with van der Waals surface area (Å²) >= 11 is 1.43. The first-order valence-corrected chi connectivity index (χ1v) is 10.1. The first-order chi connectivity index (χ1) is 13.4. The number of aliphatic carboxylic acids is 1. The highest BCUT2D eigenvalue weighted by Gasteiger charge is 2.28. The van der Waals surface area contributed by atoms with E-state index in [9.17, 15) is 14.4 Å². The molecule has 0 bridgehead atoms. The van der Waals surface area contributed by atoms with Crippen molar-refractivity contribution in [2.75, 3.05) is 5.32 Å². The minimum atomic E-state index is -1.02. The van der Waals surface area contributed by atoms with Gasteiger partial charge in [-0.15, -0.1) is 11.3 Å². The average Bonchev–Trinajstić information content (AvgIpc) is 3.02. The van der Waals surface area contributed by atoms with Crippen LogP contribution in [-0.2, 0) is 29.0 Å². The van der Waals surface area contributed by atoms with Gasteiger partial charge in [0.05, 0.1) is 12.0 Å². The van der Waals surface area contributed by atoms with Gasteiger partial charge >= 0.3 is 5.97 Å². The van der Waals surface area contributed by atoms with Gasteiger partial charge in [-0.1, -0.05) is 13.0 Å². The van der Waals surface area contributed by atoms with E-state index in [4.69, 9.17) is 5.11 Å². The average molecular weight is 401 g/mol. The highest BCUT2D eigenvalue weighted by Crippen LogP contribution is 2.39. The maximum absolute atomic E-state index is 12.9. The molecule has 0 saturated carbocycles. The van der Waals surface area contributed by atoms with Crippen LogP contribution in [0.5, 0.6) is 0 Å². The number of nitrogens with one attached hydrogen (secondary N) is 2. The number of carbonyl (C=O) groups is 3. The number of carbonyl (C=O) groups excluding carboxylic acids is 2.